The second kappa shape index (κ2) is 5.92. The summed E-state index contributed by atoms with van der Waals surface area (Å²) in [5.74, 6) is 0. The van der Waals surface area contributed by atoms with E-state index in [1.165, 1.54) is 11.1 Å². The lowest BCUT2D eigenvalue weighted by Gasteiger charge is -2.33. The van der Waals surface area contributed by atoms with E-state index >= 15 is 0 Å². The molecule has 2 aromatic carbocycles. The molecular weight excluding hydrogens is 388 g/mol. The third-order valence-electron chi connectivity index (χ3n) is 5.51. The Hall–Kier alpha value is -2.20. The van der Waals surface area contributed by atoms with Gasteiger partial charge in [0, 0.05) is 27.5 Å². The Labute approximate surface area is 161 Å². The maximum atomic E-state index is 6.12. The SMILES string of the molecule is Cc1ccc(C2=NO[C@@]3(CCCc4nc5ccc(Br)cc5cc43)C2)cc1. The highest BCUT2D eigenvalue weighted by Gasteiger charge is 2.45. The summed E-state index contributed by atoms with van der Waals surface area (Å²) in [7, 11) is 0. The van der Waals surface area contributed by atoms with Gasteiger partial charge in [0.15, 0.2) is 5.60 Å². The van der Waals surface area contributed by atoms with Gasteiger partial charge >= 0.3 is 0 Å². The van der Waals surface area contributed by atoms with E-state index in [9.17, 15) is 0 Å². The first-order chi connectivity index (χ1) is 12.6. The van der Waals surface area contributed by atoms with Gasteiger partial charge in [0.25, 0.3) is 0 Å². The average molecular weight is 407 g/mol. The standard InChI is InChI=1S/C22H19BrN2O/c1-14-4-6-15(7-5-14)21-13-22(26-25-21)10-2-3-20-18(22)12-16-11-17(23)8-9-19(16)24-20/h4-9,11-12H,2-3,10,13H2,1H3/t22-/m0/s1. The molecule has 130 valence electrons. The summed E-state index contributed by atoms with van der Waals surface area (Å²) in [5.41, 5.74) is 6.49. The van der Waals surface area contributed by atoms with E-state index in [-0.39, 0.29) is 5.60 Å². The zero-order valence-corrected chi connectivity index (χ0v) is 16.2. The lowest BCUT2D eigenvalue weighted by atomic mass is 9.77. The monoisotopic (exact) mass is 406 g/mol. The van der Waals surface area contributed by atoms with E-state index in [1.807, 2.05) is 6.07 Å². The van der Waals surface area contributed by atoms with Crippen molar-refractivity contribution < 1.29 is 4.84 Å². The van der Waals surface area contributed by atoms with Crippen LogP contribution in [-0.4, -0.2) is 10.7 Å². The van der Waals surface area contributed by atoms with Crippen LogP contribution in [0.5, 0.6) is 0 Å². The number of oxime groups is 1. The molecular formula is C22H19BrN2O. The molecule has 3 aromatic rings. The molecule has 0 N–H and O–H groups in total. The van der Waals surface area contributed by atoms with Gasteiger partial charge in [-0.15, -0.1) is 0 Å². The fourth-order valence-corrected chi connectivity index (χ4v) is 4.48. The van der Waals surface area contributed by atoms with Crippen LogP contribution in [0.15, 0.2) is 58.2 Å². The number of halogens is 1. The van der Waals surface area contributed by atoms with E-state index in [4.69, 9.17) is 9.82 Å². The van der Waals surface area contributed by atoms with E-state index in [0.29, 0.717) is 0 Å². The van der Waals surface area contributed by atoms with Gasteiger partial charge < -0.3 is 4.84 Å². The van der Waals surface area contributed by atoms with Gasteiger partial charge in [0.2, 0.25) is 0 Å². The van der Waals surface area contributed by atoms with Crippen molar-refractivity contribution in [2.24, 2.45) is 5.16 Å². The summed E-state index contributed by atoms with van der Waals surface area (Å²) in [6, 6.07) is 17.0. The van der Waals surface area contributed by atoms with Crippen LogP contribution in [0.25, 0.3) is 10.9 Å². The van der Waals surface area contributed by atoms with Crippen LogP contribution in [0.2, 0.25) is 0 Å². The fourth-order valence-electron chi connectivity index (χ4n) is 4.10. The largest absolute Gasteiger partial charge is 0.384 e. The van der Waals surface area contributed by atoms with Crippen molar-refractivity contribution in [3.63, 3.8) is 0 Å². The van der Waals surface area contributed by atoms with Gasteiger partial charge in [-0.2, -0.15) is 0 Å². The topological polar surface area (TPSA) is 34.5 Å². The molecule has 0 amide bonds. The van der Waals surface area contributed by atoms with E-state index < -0.39 is 0 Å². The number of nitrogens with zero attached hydrogens (tertiary/aromatic N) is 2. The molecule has 5 rings (SSSR count). The van der Waals surface area contributed by atoms with E-state index in [2.05, 4.69) is 70.5 Å². The third-order valence-corrected chi connectivity index (χ3v) is 6.00. The zero-order valence-electron chi connectivity index (χ0n) is 14.6. The minimum atomic E-state index is -0.364. The molecule has 0 radical (unpaired) electrons. The third kappa shape index (κ3) is 2.55. The van der Waals surface area contributed by atoms with Crippen molar-refractivity contribution >= 4 is 32.5 Å². The second-order valence-electron chi connectivity index (χ2n) is 7.34. The first-order valence-electron chi connectivity index (χ1n) is 9.05. The molecule has 0 unspecified atom stereocenters. The van der Waals surface area contributed by atoms with Crippen molar-refractivity contribution in [3.8, 4) is 0 Å². The minimum Gasteiger partial charge on any atom is -0.384 e. The molecule has 26 heavy (non-hydrogen) atoms. The van der Waals surface area contributed by atoms with Crippen molar-refractivity contribution in [2.45, 2.75) is 38.2 Å². The van der Waals surface area contributed by atoms with Gasteiger partial charge in [0.1, 0.15) is 0 Å². The zero-order chi connectivity index (χ0) is 17.7. The summed E-state index contributed by atoms with van der Waals surface area (Å²) in [4.78, 5) is 11.1. The maximum Gasteiger partial charge on any atom is 0.170 e. The van der Waals surface area contributed by atoms with Crippen LogP contribution in [0.4, 0.5) is 0 Å². The number of hydrogen-bond acceptors (Lipinski definition) is 3. The minimum absolute atomic E-state index is 0.364. The van der Waals surface area contributed by atoms with Gasteiger partial charge in [-0.1, -0.05) is 50.9 Å². The molecule has 2 heterocycles. The van der Waals surface area contributed by atoms with Gasteiger partial charge in [-0.25, -0.2) is 0 Å². The molecule has 0 saturated heterocycles. The van der Waals surface area contributed by atoms with Crippen LogP contribution in [0.1, 0.15) is 41.6 Å². The maximum absolute atomic E-state index is 6.12. The highest BCUT2D eigenvalue weighted by molar-refractivity contribution is 9.10. The fraction of sp³-hybridized carbons (Fsp3) is 0.273. The molecule has 3 nitrogen and oxygen atoms in total. The molecule has 1 atom stereocenters. The summed E-state index contributed by atoms with van der Waals surface area (Å²) in [6.45, 7) is 2.10. The lowest BCUT2D eigenvalue weighted by Crippen LogP contribution is -2.31. The molecule has 0 bridgehead atoms. The normalized spacial score (nSPS) is 21.5. The van der Waals surface area contributed by atoms with E-state index in [1.54, 1.807) is 0 Å². The predicted molar refractivity (Wildman–Crippen MR) is 107 cm³/mol. The van der Waals surface area contributed by atoms with Crippen LogP contribution in [-0.2, 0) is 16.9 Å². The number of aromatic nitrogens is 1. The second-order valence-corrected chi connectivity index (χ2v) is 8.26. The Morgan fingerprint density at radius 3 is 2.77 bits per heavy atom. The van der Waals surface area contributed by atoms with Gasteiger partial charge in [0.05, 0.1) is 11.2 Å². The van der Waals surface area contributed by atoms with Crippen molar-refractivity contribution in [2.75, 3.05) is 0 Å². The highest BCUT2D eigenvalue weighted by Crippen LogP contribution is 2.45. The number of pyridine rings is 1. The first kappa shape index (κ1) is 16.0. The smallest absolute Gasteiger partial charge is 0.170 e. The summed E-state index contributed by atoms with van der Waals surface area (Å²) in [5, 5.41) is 5.63. The van der Waals surface area contributed by atoms with Crippen LogP contribution < -0.4 is 0 Å². The molecule has 1 spiro atoms. The summed E-state index contributed by atoms with van der Waals surface area (Å²) >= 11 is 3.57. The number of rotatable bonds is 1. The summed E-state index contributed by atoms with van der Waals surface area (Å²) < 4.78 is 1.07. The molecule has 4 heteroatoms. The van der Waals surface area contributed by atoms with E-state index in [0.717, 1.165) is 58.0 Å². The van der Waals surface area contributed by atoms with Gasteiger partial charge in [-0.3, -0.25) is 4.98 Å². The Balaban J connectivity index is 1.57. The Kier molecular flexibility index (Phi) is 3.64. The van der Waals surface area contributed by atoms with Crippen LogP contribution in [0.3, 0.4) is 0 Å². The molecule has 0 saturated carbocycles. The van der Waals surface area contributed by atoms with Crippen molar-refractivity contribution in [3.05, 3.63) is 75.4 Å². The first-order valence-corrected chi connectivity index (χ1v) is 9.84. The number of hydrogen-bond donors (Lipinski definition) is 0. The number of benzene rings is 2. The molecule has 1 aromatic heterocycles. The highest BCUT2D eigenvalue weighted by atomic mass is 79.9. The van der Waals surface area contributed by atoms with Crippen molar-refractivity contribution in [1.82, 2.24) is 4.98 Å². The summed E-state index contributed by atoms with van der Waals surface area (Å²) in [6.07, 6.45) is 3.88. The van der Waals surface area contributed by atoms with Crippen molar-refractivity contribution in [1.29, 1.82) is 0 Å². The average Bonchev–Trinajstić information content (AvgIpc) is 3.06. The Morgan fingerprint density at radius 2 is 1.92 bits per heavy atom. The van der Waals surface area contributed by atoms with Gasteiger partial charge in [-0.05, 0) is 56.0 Å². The Morgan fingerprint density at radius 1 is 1.08 bits per heavy atom. The molecule has 2 aliphatic rings. The molecule has 0 fully saturated rings. The lowest BCUT2D eigenvalue weighted by molar-refractivity contribution is -0.0366. The molecule has 1 aliphatic heterocycles. The number of aryl methyl sites for hydroxylation is 2. The quantitative estimate of drug-likeness (QED) is 0.522. The van der Waals surface area contributed by atoms with Crippen LogP contribution >= 0.6 is 15.9 Å². The predicted octanol–water partition coefficient (Wildman–Crippen LogP) is 5.66. The van der Waals surface area contributed by atoms with Crippen LogP contribution in [0, 0.1) is 6.92 Å². The number of fused-ring (bicyclic) bond motifs is 3. The molecule has 1 aliphatic carbocycles. The Bertz CT molecular complexity index is 1040.